The molecule has 0 fully saturated rings. The molecule has 0 aliphatic rings. The molecule has 0 aliphatic heterocycles. The Balaban J connectivity index is 2.48. The van der Waals surface area contributed by atoms with Crippen LogP contribution >= 0.6 is 0 Å². The van der Waals surface area contributed by atoms with Gasteiger partial charge in [0.25, 0.3) is 0 Å². The van der Waals surface area contributed by atoms with E-state index < -0.39 is 11.6 Å². The lowest BCUT2D eigenvalue weighted by molar-refractivity contribution is 0.103. The number of ketones is 1. The predicted octanol–water partition coefficient (Wildman–Crippen LogP) is 2.34. The zero-order valence-electron chi connectivity index (χ0n) is 8.85. The number of halogens is 1. The van der Waals surface area contributed by atoms with Crippen LogP contribution in [0.3, 0.4) is 0 Å². The van der Waals surface area contributed by atoms with Gasteiger partial charge in [-0.1, -0.05) is 12.1 Å². The summed E-state index contributed by atoms with van der Waals surface area (Å²) in [6.45, 7) is 0. The highest BCUT2D eigenvalue weighted by Gasteiger charge is 2.15. The molecule has 0 aliphatic carbocycles. The predicted molar refractivity (Wildman–Crippen MR) is 62.4 cm³/mol. The number of carbonyl (C=O) groups excluding carboxylic acids is 1. The molecule has 0 spiro atoms. The summed E-state index contributed by atoms with van der Waals surface area (Å²) >= 11 is 0. The van der Waals surface area contributed by atoms with Gasteiger partial charge in [-0.05, 0) is 30.3 Å². The second-order valence-corrected chi connectivity index (χ2v) is 3.58. The van der Waals surface area contributed by atoms with Crippen molar-refractivity contribution in [2.45, 2.75) is 0 Å². The van der Waals surface area contributed by atoms with Crippen LogP contribution in [0.2, 0.25) is 0 Å². The smallest absolute Gasteiger partial charge is 0.198 e. The van der Waals surface area contributed by atoms with E-state index in [9.17, 15) is 14.3 Å². The molecular weight excluding hydrogens is 221 g/mol. The second-order valence-electron chi connectivity index (χ2n) is 3.58. The van der Waals surface area contributed by atoms with Crippen molar-refractivity contribution in [2.24, 2.45) is 0 Å². The van der Waals surface area contributed by atoms with Gasteiger partial charge < -0.3 is 10.8 Å². The van der Waals surface area contributed by atoms with Gasteiger partial charge in [0.05, 0.1) is 5.56 Å². The SMILES string of the molecule is Nc1cc(F)ccc1C(=O)c1ccccc1O. The van der Waals surface area contributed by atoms with Crippen LogP contribution in [0, 0.1) is 5.82 Å². The molecule has 4 heteroatoms. The van der Waals surface area contributed by atoms with Crippen molar-refractivity contribution in [1.82, 2.24) is 0 Å². The summed E-state index contributed by atoms with van der Waals surface area (Å²) in [7, 11) is 0. The molecule has 0 saturated heterocycles. The van der Waals surface area contributed by atoms with Crippen molar-refractivity contribution in [3.63, 3.8) is 0 Å². The van der Waals surface area contributed by atoms with Gasteiger partial charge in [0.2, 0.25) is 0 Å². The van der Waals surface area contributed by atoms with Gasteiger partial charge in [0.15, 0.2) is 5.78 Å². The topological polar surface area (TPSA) is 63.3 Å². The van der Waals surface area contributed by atoms with E-state index in [1.807, 2.05) is 0 Å². The third-order valence-electron chi connectivity index (χ3n) is 2.41. The molecule has 0 heterocycles. The Morgan fingerprint density at radius 2 is 1.82 bits per heavy atom. The molecule has 2 aromatic carbocycles. The molecule has 86 valence electrons. The first-order valence-electron chi connectivity index (χ1n) is 4.97. The first-order chi connectivity index (χ1) is 8.09. The highest BCUT2D eigenvalue weighted by molar-refractivity contribution is 6.13. The Morgan fingerprint density at radius 3 is 2.47 bits per heavy atom. The standard InChI is InChI=1S/C13H10FNO2/c14-8-5-6-9(11(15)7-8)13(17)10-3-1-2-4-12(10)16/h1-7,16H,15H2. The van der Waals surface area contributed by atoms with E-state index in [0.717, 1.165) is 12.1 Å². The summed E-state index contributed by atoms with van der Waals surface area (Å²) in [6.07, 6.45) is 0. The average molecular weight is 231 g/mol. The van der Waals surface area contributed by atoms with Crippen molar-refractivity contribution in [3.05, 3.63) is 59.4 Å². The zero-order chi connectivity index (χ0) is 12.4. The summed E-state index contributed by atoms with van der Waals surface area (Å²) in [6, 6.07) is 9.68. The van der Waals surface area contributed by atoms with Gasteiger partial charge in [0, 0.05) is 11.3 Å². The maximum Gasteiger partial charge on any atom is 0.198 e. The number of rotatable bonds is 2. The number of anilines is 1. The van der Waals surface area contributed by atoms with Crippen molar-refractivity contribution in [3.8, 4) is 5.75 Å². The Kier molecular flexibility index (Phi) is 2.78. The number of nitrogens with two attached hydrogens (primary N) is 1. The molecule has 0 unspecified atom stereocenters. The van der Waals surface area contributed by atoms with Crippen molar-refractivity contribution in [2.75, 3.05) is 5.73 Å². The largest absolute Gasteiger partial charge is 0.507 e. The fraction of sp³-hybridized carbons (Fsp3) is 0. The highest BCUT2D eigenvalue weighted by atomic mass is 19.1. The Morgan fingerprint density at radius 1 is 1.12 bits per heavy atom. The molecule has 0 atom stereocenters. The third-order valence-corrected chi connectivity index (χ3v) is 2.41. The van der Waals surface area contributed by atoms with Crippen molar-refractivity contribution >= 4 is 11.5 Å². The van der Waals surface area contributed by atoms with Crippen LogP contribution in [-0.4, -0.2) is 10.9 Å². The van der Waals surface area contributed by atoms with E-state index in [-0.39, 0.29) is 22.6 Å². The quantitative estimate of drug-likeness (QED) is 0.616. The molecule has 0 saturated carbocycles. The minimum absolute atomic E-state index is 0.0539. The van der Waals surface area contributed by atoms with E-state index in [1.165, 1.54) is 18.2 Å². The van der Waals surface area contributed by atoms with Crippen LogP contribution in [0.25, 0.3) is 0 Å². The van der Waals surface area contributed by atoms with Crippen LogP contribution in [0.5, 0.6) is 5.75 Å². The van der Waals surface area contributed by atoms with Crippen LogP contribution in [0.15, 0.2) is 42.5 Å². The molecule has 2 rings (SSSR count). The fourth-order valence-corrected chi connectivity index (χ4v) is 1.55. The van der Waals surface area contributed by atoms with Crippen molar-refractivity contribution in [1.29, 1.82) is 0 Å². The Labute approximate surface area is 97.3 Å². The zero-order valence-corrected chi connectivity index (χ0v) is 8.85. The number of phenolic OH excluding ortho intramolecular Hbond substituents is 1. The fourth-order valence-electron chi connectivity index (χ4n) is 1.55. The summed E-state index contributed by atoms with van der Waals surface area (Å²) in [4.78, 5) is 12.0. The molecule has 17 heavy (non-hydrogen) atoms. The van der Waals surface area contributed by atoms with Gasteiger partial charge in [-0.15, -0.1) is 0 Å². The maximum absolute atomic E-state index is 12.9. The third kappa shape index (κ3) is 2.10. The van der Waals surface area contributed by atoms with Gasteiger partial charge in [-0.3, -0.25) is 4.79 Å². The minimum Gasteiger partial charge on any atom is -0.507 e. The number of hydrogen-bond acceptors (Lipinski definition) is 3. The molecule has 0 radical (unpaired) electrons. The second kappa shape index (κ2) is 4.25. The van der Waals surface area contributed by atoms with E-state index >= 15 is 0 Å². The molecule has 3 N–H and O–H groups in total. The number of para-hydroxylation sites is 1. The Bertz CT molecular complexity index is 581. The number of hydrogen-bond donors (Lipinski definition) is 2. The van der Waals surface area contributed by atoms with Crippen LogP contribution in [0.4, 0.5) is 10.1 Å². The monoisotopic (exact) mass is 231 g/mol. The summed E-state index contributed by atoms with van der Waals surface area (Å²) in [5, 5.41) is 9.55. The summed E-state index contributed by atoms with van der Waals surface area (Å²) in [5.41, 5.74) is 5.94. The number of aromatic hydroxyl groups is 1. The van der Waals surface area contributed by atoms with Crippen LogP contribution in [-0.2, 0) is 0 Å². The molecular formula is C13H10FNO2. The first-order valence-corrected chi connectivity index (χ1v) is 4.97. The maximum atomic E-state index is 12.9. The molecule has 0 amide bonds. The lowest BCUT2D eigenvalue weighted by Crippen LogP contribution is -2.05. The van der Waals surface area contributed by atoms with Gasteiger partial charge >= 0.3 is 0 Å². The van der Waals surface area contributed by atoms with Gasteiger partial charge in [-0.25, -0.2) is 4.39 Å². The number of benzene rings is 2. The van der Waals surface area contributed by atoms with E-state index in [2.05, 4.69) is 0 Å². The van der Waals surface area contributed by atoms with Crippen molar-refractivity contribution < 1.29 is 14.3 Å². The molecule has 3 nitrogen and oxygen atoms in total. The number of phenols is 1. The highest BCUT2D eigenvalue weighted by Crippen LogP contribution is 2.23. The first kappa shape index (κ1) is 11.1. The molecule has 2 aromatic rings. The summed E-state index contributed by atoms with van der Waals surface area (Å²) < 4.78 is 12.9. The average Bonchev–Trinajstić information content (AvgIpc) is 2.29. The molecule has 0 aromatic heterocycles. The van der Waals surface area contributed by atoms with E-state index in [0.29, 0.717) is 0 Å². The van der Waals surface area contributed by atoms with E-state index in [1.54, 1.807) is 12.1 Å². The number of carbonyl (C=O) groups is 1. The van der Waals surface area contributed by atoms with E-state index in [4.69, 9.17) is 5.73 Å². The summed E-state index contributed by atoms with van der Waals surface area (Å²) in [5.74, 6) is -1.06. The lowest BCUT2D eigenvalue weighted by Gasteiger charge is -2.06. The normalized spacial score (nSPS) is 10.2. The van der Waals surface area contributed by atoms with Gasteiger partial charge in [-0.2, -0.15) is 0 Å². The van der Waals surface area contributed by atoms with Gasteiger partial charge in [0.1, 0.15) is 11.6 Å². The Hall–Kier alpha value is -2.36. The molecule has 0 bridgehead atoms. The van der Waals surface area contributed by atoms with Crippen LogP contribution in [0.1, 0.15) is 15.9 Å². The number of nitrogen functional groups attached to an aromatic ring is 1. The minimum atomic E-state index is -0.503. The van der Waals surface area contributed by atoms with Crippen LogP contribution < -0.4 is 5.73 Å². The lowest BCUT2D eigenvalue weighted by atomic mass is 10.0.